The molecule has 6 heteroatoms. The minimum atomic E-state index is -0.942. The van der Waals surface area contributed by atoms with E-state index in [1.165, 1.54) is 0 Å². The first-order valence-electron chi connectivity index (χ1n) is 7.42. The molecule has 1 rings (SSSR count). The van der Waals surface area contributed by atoms with E-state index in [4.69, 9.17) is 9.84 Å². The summed E-state index contributed by atoms with van der Waals surface area (Å²) in [6.07, 6.45) is 0.904. The largest absolute Gasteiger partial charge is 0.490 e. The highest BCUT2D eigenvalue weighted by Crippen LogP contribution is 2.22. The van der Waals surface area contributed by atoms with Crippen LogP contribution in [0.1, 0.15) is 37.8 Å². The first-order chi connectivity index (χ1) is 10.4. The third-order valence-electron chi connectivity index (χ3n) is 3.19. The molecule has 2 amide bonds. The topological polar surface area (TPSA) is 87.7 Å². The maximum Gasteiger partial charge on any atom is 0.315 e. The van der Waals surface area contributed by atoms with Crippen molar-refractivity contribution >= 4 is 12.0 Å². The Morgan fingerprint density at radius 1 is 1.32 bits per heavy atom. The number of urea groups is 1. The molecular weight excluding hydrogens is 284 g/mol. The van der Waals surface area contributed by atoms with Crippen LogP contribution < -0.4 is 15.4 Å². The van der Waals surface area contributed by atoms with Gasteiger partial charge in [-0.3, -0.25) is 4.79 Å². The van der Waals surface area contributed by atoms with Crippen molar-refractivity contribution in [3.8, 4) is 5.75 Å². The zero-order chi connectivity index (χ0) is 16.5. The molecule has 6 nitrogen and oxygen atoms in total. The number of aliphatic carboxylic acids is 1. The zero-order valence-corrected chi connectivity index (χ0v) is 13.3. The van der Waals surface area contributed by atoms with Crippen LogP contribution in [0, 0.1) is 6.92 Å². The lowest BCUT2D eigenvalue weighted by atomic mass is 10.1. The van der Waals surface area contributed by atoms with Gasteiger partial charge < -0.3 is 20.5 Å². The molecule has 0 fully saturated rings. The van der Waals surface area contributed by atoms with Crippen molar-refractivity contribution in [2.75, 3.05) is 6.54 Å². The molecular formula is C16H24N2O4. The average molecular weight is 308 g/mol. The second kappa shape index (κ2) is 8.92. The van der Waals surface area contributed by atoms with Crippen LogP contribution in [0.25, 0.3) is 0 Å². The summed E-state index contributed by atoms with van der Waals surface area (Å²) >= 11 is 0. The fourth-order valence-corrected chi connectivity index (χ4v) is 1.74. The summed E-state index contributed by atoms with van der Waals surface area (Å²) in [5.41, 5.74) is 1.98. The maximum absolute atomic E-state index is 11.6. The summed E-state index contributed by atoms with van der Waals surface area (Å²) in [7, 11) is 0. The molecule has 0 saturated carbocycles. The van der Waals surface area contributed by atoms with Crippen LogP contribution in [0.2, 0.25) is 0 Å². The fourth-order valence-electron chi connectivity index (χ4n) is 1.74. The molecule has 0 saturated heterocycles. The molecule has 0 bridgehead atoms. The van der Waals surface area contributed by atoms with Crippen molar-refractivity contribution < 1.29 is 19.4 Å². The van der Waals surface area contributed by atoms with E-state index in [2.05, 4.69) is 10.6 Å². The Labute approximate surface area is 130 Å². The molecule has 1 aromatic carbocycles. The first-order valence-corrected chi connectivity index (χ1v) is 7.42. The van der Waals surface area contributed by atoms with E-state index >= 15 is 0 Å². The Morgan fingerprint density at radius 3 is 2.68 bits per heavy atom. The van der Waals surface area contributed by atoms with Crippen LogP contribution >= 0.6 is 0 Å². The summed E-state index contributed by atoms with van der Waals surface area (Å²) in [4.78, 5) is 22.0. The number of hydrogen-bond acceptors (Lipinski definition) is 3. The van der Waals surface area contributed by atoms with Gasteiger partial charge in [0.2, 0.25) is 0 Å². The number of rotatable bonds is 8. The SMILES string of the molecule is CCC(C)Oc1cc(C)ccc1CNC(=O)NCCC(=O)O. The highest BCUT2D eigenvalue weighted by atomic mass is 16.5. The number of nitrogens with one attached hydrogen (secondary N) is 2. The summed E-state index contributed by atoms with van der Waals surface area (Å²) < 4.78 is 5.87. The van der Waals surface area contributed by atoms with Crippen LogP contribution in [0.4, 0.5) is 4.79 Å². The van der Waals surface area contributed by atoms with Crippen LogP contribution in [0.5, 0.6) is 5.75 Å². The lowest BCUT2D eigenvalue weighted by Crippen LogP contribution is -2.36. The summed E-state index contributed by atoms with van der Waals surface area (Å²) in [6.45, 7) is 6.46. The Hall–Kier alpha value is -2.24. The van der Waals surface area contributed by atoms with Crippen LogP contribution in [-0.2, 0) is 11.3 Å². The number of benzene rings is 1. The van der Waals surface area contributed by atoms with Crippen LogP contribution in [-0.4, -0.2) is 29.8 Å². The van der Waals surface area contributed by atoms with Gasteiger partial charge in [-0.25, -0.2) is 4.79 Å². The van der Waals surface area contributed by atoms with E-state index < -0.39 is 12.0 Å². The van der Waals surface area contributed by atoms with E-state index in [9.17, 15) is 9.59 Å². The number of carbonyl (C=O) groups excluding carboxylic acids is 1. The lowest BCUT2D eigenvalue weighted by molar-refractivity contribution is -0.136. The van der Waals surface area contributed by atoms with Gasteiger partial charge in [0.25, 0.3) is 0 Å². The molecule has 1 unspecified atom stereocenters. The molecule has 122 valence electrons. The van der Waals surface area contributed by atoms with E-state index in [1.807, 2.05) is 39.0 Å². The number of aryl methyl sites for hydroxylation is 1. The summed E-state index contributed by atoms with van der Waals surface area (Å²) in [5, 5.41) is 13.7. The third-order valence-corrected chi connectivity index (χ3v) is 3.19. The van der Waals surface area contributed by atoms with Gasteiger partial charge in [0.1, 0.15) is 5.75 Å². The second-order valence-electron chi connectivity index (χ2n) is 5.20. The molecule has 0 aliphatic carbocycles. The van der Waals surface area contributed by atoms with Crippen molar-refractivity contribution in [2.24, 2.45) is 0 Å². The van der Waals surface area contributed by atoms with Crippen molar-refractivity contribution in [3.05, 3.63) is 29.3 Å². The number of carboxylic acid groups (broad SMARTS) is 1. The second-order valence-corrected chi connectivity index (χ2v) is 5.20. The van der Waals surface area contributed by atoms with Gasteiger partial charge in [-0.15, -0.1) is 0 Å². The number of carbonyl (C=O) groups is 2. The monoisotopic (exact) mass is 308 g/mol. The van der Waals surface area contributed by atoms with Crippen molar-refractivity contribution in [1.82, 2.24) is 10.6 Å². The Kier molecular flexibility index (Phi) is 7.22. The standard InChI is InChI=1S/C16H24N2O4/c1-4-12(3)22-14-9-11(2)5-6-13(14)10-18-16(21)17-8-7-15(19)20/h5-6,9,12H,4,7-8,10H2,1-3H3,(H,19,20)(H2,17,18,21). The molecule has 3 N–H and O–H groups in total. The normalized spacial score (nSPS) is 11.6. The first kappa shape index (κ1) is 17.8. The number of amides is 2. The molecule has 0 heterocycles. The summed E-state index contributed by atoms with van der Waals surface area (Å²) in [5.74, 6) is -0.178. The quantitative estimate of drug-likeness (QED) is 0.688. The van der Waals surface area contributed by atoms with Gasteiger partial charge in [0.15, 0.2) is 0 Å². The zero-order valence-electron chi connectivity index (χ0n) is 13.3. The van der Waals surface area contributed by atoms with E-state index in [1.54, 1.807) is 0 Å². The van der Waals surface area contributed by atoms with Gasteiger partial charge in [-0.1, -0.05) is 19.1 Å². The van der Waals surface area contributed by atoms with Crippen molar-refractivity contribution in [1.29, 1.82) is 0 Å². The predicted octanol–water partition coefficient (Wildman–Crippen LogP) is 2.45. The van der Waals surface area contributed by atoms with Gasteiger partial charge in [-0.2, -0.15) is 0 Å². The molecule has 22 heavy (non-hydrogen) atoms. The number of carboxylic acids is 1. The Morgan fingerprint density at radius 2 is 2.05 bits per heavy atom. The maximum atomic E-state index is 11.6. The molecule has 0 aromatic heterocycles. The Bertz CT molecular complexity index is 517. The number of hydrogen-bond donors (Lipinski definition) is 3. The fraction of sp³-hybridized carbons (Fsp3) is 0.500. The van der Waals surface area contributed by atoms with Gasteiger partial charge in [0, 0.05) is 18.7 Å². The molecule has 0 aliphatic heterocycles. The van der Waals surface area contributed by atoms with Crippen LogP contribution in [0.15, 0.2) is 18.2 Å². The third kappa shape index (κ3) is 6.47. The van der Waals surface area contributed by atoms with E-state index in [0.29, 0.717) is 6.54 Å². The molecule has 1 aromatic rings. The van der Waals surface area contributed by atoms with Crippen LogP contribution in [0.3, 0.4) is 0 Å². The molecule has 1 atom stereocenters. The molecule has 0 radical (unpaired) electrons. The highest BCUT2D eigenvalue weighted by Gasteiger charge is 2.09. The number of ether oxygens (including phenoxy) is 1. The Balaban J connectivity index is 2.57. The molecule has 0 spiro atoms. The summed E-state index contributed by atoms with van der Waals surface area (Å²) in [6, 6.07) is 5.44. The minimum absolute atomic E-state index is 0.0969. The lowest BCUT2D eigenvalue weighted by Gasteiger charge is -2.17. The minimum Gasteiger partial charge on any atom is -0.490 e. The highest BCUT2D eigenvalue weighted by molar-refractivity contribution is 5.75. The predicted molar refractivity (Wildman–Crippen MR) is 84.1 cm³/mol. The van der Waals surface area contributed by atoms with Crippen molar-refractivity contribution in [3.63, 3.8) is 0 Å². The average Bonchev–Trinajstić information content (AvgIpc) is 2.45. The molecule has 0 aliphatic rings. The van der Waals surface area contributed by atoms with E-state index in [0.717, 1.165) is 23.3 Å². The van der Waals surface area contributed by atoms with Gasteiger partial charge >= 0.3 is 12.0 Å². The van der Waals surface area contributed by atoms with Crippen molar-refractivity contribution in [2.45, 2.75) is 46.3 Å². The van der Waals surface area contributed by atoms with E-state index in [-0.39, 0.29) is 19.1 Å². The smallest absolute Gasteiger partial charge is 0.315 e. The van der Waals surface area contributed by atoms with Gasteiger partial charge in [0.05, 0.1) is 12.5 Å². The van der Waals surface area contributed by atoms with Gasteiger partial charge in [-0.05, 0) is 31.9 Å².